The molecular weight excluding hydrogens is 416 g/mol. The molecule has 2 unspecified atom stereocenters. The van der Waals surface area contributed by atoms with Crippen LogP contribution in [0.15, 0.2) is 65.2 Å². The molecule has 1 aliphatic rings. The summed E-state index contributed by atoms with van der Waals surface area (Å²) in [6, 6.07) is 15.5. The van der Waals surface area contributed by atoms with E-state index in [-0.39, 0.29) is 17.8 Å². The molecule has 2 aromatic heterocycles. The van der Waals surface area contributed by atoms with Crippen LogP contribution in [0.2, 0.25) is 0 Å². The third kappa shape index (κ3) is 4.42. The minimum atomic E-state index is -0.415. The molecule has 0 bridgehead atoms. The van der Waals surface area contributed by atoms with Gasteiger partial charge in [0.2, 0.25) is 0 Å². The van der Waals surface area contributed by atoms with Crippen molar-refractivity contribution in [3.8, 4) is 11.3 Å². The van der Waals surface area contributed by atoms with Crippen LogP contribution in [-0.2, 0) is 4.74 Å². The number of thiocarbonyl (C=S) groups is 1. The van der Waals surface area contributed by atoms with Gasteiger partial charge in [-0.15, -0.1) is 0 Å². The van der Waals surface area contributed by atoms with Gasteiger partial charge >= 0.3 is 0 Å². The van der Waals surface area contributed by atoms with Crippen LogP contribution in [0.4, 0.5) is 5.69 Å². The number of hydrogen-bond donors (Lipinski definition) is 1. The first-order valence-electron chi connectivity index (χ1n) is 9.90. The highest BCUT2D eigenvalue weighted by Gasteiger charge is 2.41. The summed E-state index contributed by atoms with van der Waals surface area (Å²) >= 11 is 5.62. The molecule has 3 heterocycles. The van der Waals surface area contributed by atoms with E-state index in [2.05, 4.69) is 15.2 Å². The number of furan rings is 1. The highest BCUT2D eigenvalue weighted by molar-refractivity contribution is 7.80. The number of aromatic nitrogens is 1. The number of nitro benzene ring substituents is 1. The number of pyridine rings is 1. The molecular formula is C22H22N4O4S. The van der Waals surface area contributed by atoms with Crippen molar-refractivity contribution >= 4 is 23.0 Å². The number of nitro groups is 1. The topological polar surface area (TPSA) is 93.7 Å². The van der Waals surface area contributed by atoms with E-state index in [0.29, 0.717) is 35.3 Å². The lowest BCUT2D eigenvalue weighted by atomic mass is 10.0. The van der Waals surface area contributed by atoms with Crippen molar-refractivity contribution in [1.29, 1.82) is 0 Å². The van der Waals surface area contributed by atoms with Gasteiger partial charge in [0.1, 0.15) is 17.6 Å². The molecule has 1 saturated heterocycles. The van der Waals surface area contributed by atoms with Gasteiger partial charge in [0, 0.05) is 44.2 Å². The van der Waals surface area contributed by atoms with Crippen LogP contribution < -0.4 is 5.32 Å². The maximum atomic E-state index is 11.1. The lowest BCUT2D eigenvalue weighted by Crippen LogP contribution is -2.31. The second kappa shape index (κ2) is 9.23. The van der Waals surface area contributed by atoms with Gasteiger partial charge in [0.25, 0.3) is 5.69 Å². The number of nitrogens with one attached hydrogen (secondary N) is 1. The number of nitrogens with zero attached hydrogens (tertiary/aromatic N) is 3. The zero-order valence-electron chi connectivity index (χ0n) is 16.9. The Morgan fingerprint density at radius 3 is 2.87 bits per heavy atom. The summed E-state index contributed by atoms with van der Waals surface area (Å²) in [5, 5.41) is 15.1. The van der Waals surface area contributed by atoms with Gasteiger partial charge in [0.05, 0.1) is 16.7 Å². The van der Waals surface area contributed by atoms with Gasteiger partial charge in [-0.25, -0.2) is 0 Å². The van der Waals surface area contributed by atoms with E-state index >= 15 is 0 Å². The predicted octanol–water partition coefficient (Wildman–Crippen LogP) is 4.26. The SMILES string of the molecule is COCCCN1C(=S)NC(c2ccccn2)C1c1ccc(-c2cccc([N+](=O)[O-])c2)o1. The number of benzene rings is 1. The first-order chi connectivity index (χ1) is 15.1. The Kier molecular flexibility index (Phi) is 6.24. The Balaban J connectivity index is 1.68. The Hall–Kier alpha value is -3.30. The Morgan fingerprint density at radius 2 is 2.13 bits per heavy atom. The van der Waals surface area contributed by atoms with Gasteiger partial charge in [-0.1, -0.05) is 18.2 Å². The molecule has 9 heteroatoms. The number of methoxy groups -OCH3 is 1. The average Bonchev–Trinajstić information content (AvgIpc) is 3.39. The van der Waals surface area contributed by atoms with Crippen LogP contribution in [-0.4, -0.2) is 40.2 Å². The highest BCUT2D eigenvalue weighted by atomic mass is 32.1. The smallest absolute Gasteiger partial charge is 0.270 e. The van der Waals surface area contributed by atoms with Gasteiger partial charge < -0.3 is 19.4 Å². The molecule has 0 radical (unpaired) electrons. The Morgan fingerprint density at radius 1 is 1.26 bits per heavy atom. The van der Waals surface area contributed by atoms with E-state index in [9.17, 15) is 10.1 Å². The molecule has 1 fully saturated rings. The van der Waals surface area contributed by atoms with Crippen molar-refractivity contribution < 1.29 is 14.1 Å². The Bertz CT molecular complexity index is 1070. The fourth-order valence-corrected chi connectivity index (χ4v) is 4.11. The Labute approximate surface area is 185 Å². The second-order valence-corrected chi connectivity index (χ2v) is 7.56. The van der Waals surface area contributed by atoms with Crippen LogP contribution >= 0.6 is 12.2 Å². The lowest BCUT2D eigenvalue weighted by Gasteiger charge is -2.25. The molecule has 1 N–H and O–H groups in total. The van der Waals surface area contributed by atoms with Gasteiger partial charge in [-0.2, -0.15) is 0 Å². The van der Waals surface area contributed by atoms with Crippen molar-refractivity contribution in [1.82, 2.24) is 15.2 Å². The molecule has 0 aliphatic carbocycles. The first kappa shape index (κ1) is 21.0. The number of ether oxygens (including phenoxy) is 1. The fourth-order valence-electron chi connectivity index (χ4n) is 3.77. The number of non-ortho nitro benzene ring substituents is 1. The van der Waals surface area contributed by atoms with Crippen LogP contribution in [0, 0.1) is 10.1 Å². The summed E-state index contributed by atoms with van der Waals surface area (Å²) in [6.45, 7) is 1.32. The summed E-state index contributed by atoms with van der Waals surface area (Å²) in [6.07, 6.45) is 2.56. The van der Waals surface area contributed by atoms with E-state index in [1.54, 1.807) is 25.4 Å². The zero-order valence-corrected chi connectivity index (χ0v) is 17.7. The second-order valence-electron chi connectivity index (χ2n) is 7.18. The summed E-state index contributed by atoms with van der Waals surface area (Å²) in [5.74, 6) is 1.27. The molecule has 2 atom stereocenters. The van der Waals surface area contributed by atoms with Crippen molar-refractivity contribution in [3.05, 3.63) is 82.4 Å². The fraction of sp³-hybridized carbons (Fsp3) is 0.273. The van der Waals surface area contributed by atoms with E-state index in [1.807, 2.05) is 30.3 Å². The monoisotopic (exact) mass is 438 g/mol. The molecule has 1 aliphatic heterocycles. The molecule has 0 amide bonds. The van der Waals surface area contributed by atoms with Crippen molar-refractivity contribution in [2.45, 2.75) is 18.5 Å². The van der Waals surface area contributed by atoms with E-state index in [0.717, 1.165) is 12.1 Å². The molecule has 31 heavy (non-hydrogen) atoms. The quantitative estimate of drug-likeness (QED) is 0.241. The minimum Gasteiger partial charge on any atom is -0.459 e. The van der Waals surface area contributed by atoms with Crippen LogP contribution in [0.5, 0.6) is 0 Å². The standard InChI is InChI=1S/C22H22N4O4S/c1-29-13-5-12-25-21(20(24-22(25)31)17-8-2-3-11-23-17)19-10-9-18(30-19)15-6-4-7-16(14-15)26(27)28/h2-4,6-11,14,20-21H,5,12-13H2,1H3,(H,24,31). The molecule has 0 spiro atoms. The van der Waals surface area contributed by atoms with Gasteiger partial charge in [-0.3, -0.25) is 15.1 Å². The summed E-state index contributed by atoms with van der Waals surface area (Å²) in [5.41, 5.74) is 1.53. The summed E-state index contributed by atoms with van der Waals surface area (Å²) in [4.78, 5) is 17.3. The molecule has 4 rings (SSSR count). The van der Waals surface area contributed by atoms with Crippen LogP contribution in [0.25, 0.3) is 11.3 Å². The number of rotatable bonds is 8. The predicted molar refractivity (Wildman–Crippen MR) is 119 cm³/mol. The zero-order chi connectivity index (χ0) is 21.8. The van der Waals surface area contributed by atoms with Gasteiger partial charge in [-0.05, 0) is 42.9 Å². The lowest BCUT2D eigenvalue weighted by molar-refractivity contribution is -0.384. The van der Waals surface area contributed by atoms with E-state index in [4.69, 9.17) is 21.4 Å². The maximum Gasteiger partial charge on any atom is 0.270 e. The van der Waals surface area contributed by atoms with E-state index in [1.165, 1.54) is 12.1 Å². The summed E-state index contributed by atoms with van der Waals surface area (Å²) in [7, 11) is 1.67. The molecule has 0 saturated carbocycles. The van der Waals surface area contributed by atoms with Crippen LogP contribution in [0.1, 0.15) is 30.0 Å². The average molecular weight is 439 g/mol. The maximum absolute atomic E-state index is 11.1. The third-order valence-electron chi connectivity index (χ3n) is 5.21. The first-order valence-corrected chi connectivity index (χ1v) is 10.3. The van der Waals surface area contributed by atoms with Gasteiger partial charge in [0.15, 0.2) is 5.11 Å². The van der Waals surface area contributed by atoms with E-state index < -0.39 is 4.92 Å². The third-order valence-corrected chi connectivity index (χ3v) is 5.56. The normalized spacial score (nSPS) is 18.2. The van der Waals surface area contributed by atoms with Crippen molar-refractivity contribution in [2.75, 3.05) is 20.3 Å². The number of hydrogen-bond acceptors (Lipinski definition) is 6. The molecule has 8 nitrogen and oxygen atoms in total. The summed E-state index contributed by atoms with van der Waals surface area (Å²) < 4.78 is 11.4. The van der Waals surface area contributed by atoms with Crippen molar-refractivity contribution in [3.63, 3.8) is 0 Å². The molecule has 160 valence electrons. The minimum absolute atomic E-state index is 0.0201. The molecule has 1 aromatic carbocycles. The van der Waals surface area contributed by atoms with Crippen molar-refractivity contribution in [2.24, 2.45) is 0 Å². The largest absolute Gasteiger partial charge is 0.459 e. The highest BCUT2D eigenvalue weighted by Crippen LogP contribution is 2.40. The van der Waals surface area contributed by atoms with Crippen LogP contribution in [0.3, 0.4) is 0 Å². The molecule has 3 aromatic rings.